The number of fused-ring (bicyclic) bond motifs is 13. The van der Waals surface area contributed by atoms with Gasteiger partial charge in [0.15, 0.2) is 5.82 Å². The van der Waals surface area contributed by atoms with E-state index in [9.17, 15) is 0 Å². The number of aromatic nitrogens is 1. The Bertz CT molecular complexity index is 2500. The van der Waals surface area contributed by atoms with Crippen LogP contribution in [0.4, 0.5) is 0 Å². The molecule has 2 nitrogen and oxygen atoms in total. The van der Waals surface area contributed by atoms with Gasteiger partial charge in [0.25, 0.3) is 0 Å². The molecule has 3 aliphatic rings. The molecule has 0 N–H and O–H groups in total. The topological polar surface area (TPSA) is 17.3 Å². The van der Waals surface area contributed by atoms with Crippen LogP contribution in [0.3, 0.4) is 0 Å². The number of allylic oxidation sites excluding steroid dienone is 2. The zero-order valence-corrected chi connectivity index (χ0v) is 26.3. The van der Waals surface area contributed by atoms with Crippen LogP contribution in [-0.4, -0.2) is 15.5 Å². The lowest BCUT2D eigenvalue weighted by molar-refractivity contribution is 0.567. The van der Waals surface area contributed by atoms with Crippen molar-refractivity contribution >= 4 is 83.4 Å². The molecule has 7 aromatic rings. The van der Waals surface area contributed by atoms with Gasteiger partial charge in [-0.25, -0.2) is 4.99 Å². The summed E-state index contributed by atoms with van der Waals surface area (Å²) in [6.07, 6.45) is 8.31. The Kier molecular flexibility index (Phi) is 5.54. The molecule has 3 atom stereocenters. The molecule has 45 heavy (non-hydrogen) atoms. The number of hydrogen-bond donors (Lipinski definition) is 0. The predicted molar refractivity (Wildman–Crippen MR) is 194 cm³/mol. The molecule has 0 amide bonds. The lowest BCUT2D eigenvalue weighted by Crippen LogP contribution is -2.16. The third-order valence-corrected chi connectivity index (χ3v) is 12.4. The van der Waals surface area contributed by atoms with E-state index in [-0.39, 0.29) is 0 Å². The van der Waals surface area contributed by atoms with E-state index in [0.717, 1.165) is 17.1 Å². The van der Waals surface area contributed by atoms with Crippen LogP contribution in [0.1, 0.15) is 40.8 Å². The molecular formula is C41H28N2S2. The van der Waals surface area contributed by atoms with Crippen LogP contribution >= 0.6 is 23.1 Å². The van der Waals surface area contributed by atoms with Crippen LogP contribution < -0.4 is 0 Å². The molecule has 4 heterocycles. The second-order valence-corrected chi connectivity index (χ2v) is 14.7. The normalized spacial score (nSPS) is 20.3. The number of nitrogens with zero attached hydrogens (tertiary/aromatic N) is 2. The number of para-hydroxylation sites is 1. The van der Waals surface area contributed by atoms with Crippen LogP contribution in [0.25, 0.3) is 54.6 Å². The highest BCUT2D eigenvalue weighted by Gasteiger charge is 2.38. The minimum atomic E-state index is 0.446. The number of thioether (sulfide) groups is 1. The predicted octanol–water partition coefficient (Wildman–Crippen LogP) is 11.3. The van der Waals surface area contributed by atoms with Crippen molar-refractivity contribution in [2.24, 2.45) is 10.9 Å². The highest BCUT2D eigenvalue weighted by molar-refractivity contribution is 8.00. The van der Waals surface area contributed by atoms with Gasteiger partial charge in [-0.05, 0) is 41.5 Å². The zero-order chi connectivity index (χ0) is 29.6. The fraction of sp³-hybridized carbons (Fsp3) is 0.122. The van der Waals surface area contributed by atoms with Crippen molar-refractivity contribution in [2.75, 3.05) is 0 Å². The number of benzene rings is 5. The summed E-state index contributed by atoms with van der Waals surface area (Å²) in [7, 11) is 0. The van der Waals surface area contributed by atoms with Gasteiger partial charge >= 0.3 is 0 Å². The second kappa shape index (κ2) is 9.70. The molecule has 0 radical (unpaired) electrons. The van der Waals surface area contributed by atoms with E-state index >= 15 is 0 Å². The van der Waals surface area contributed by atoms with E-state index in [2.05, 4.69) is 150 Å². The summed E-state index contributed by atoms with van der Waals surface area (Å²) < 4.78 is 3.67. The molecular weight excluding hydrogens is 585 g/mol. The number of thiophene rings is 1. The van der Waals surface area contributed by atoms with Crippen molar-refractivity contribution in [1.29, 1.82) is 0 Å². The first-order chi connectivity index (χ1) is 22.2. The first-order valence-corrected chi connectivity index (χ1v) is 17.4. The van der Waals surface area contributed by atoms with Crippen molar-refractivity contribution in [1.82, 2.24) is 4.57 Å². The molecule has 0 saturated heterocycles. The second-order valence-electron chi connectivity index (χ2n) is 12.4. The maximum absolute atomic E-state index is 5.55. The Labute approximate surface area is 269 Å². The minimum absolute atomic E-state index is 0.446. The molecule has 214 valence electrons. The highest BCUT2D eigenvalue weighted by atomic mass is 32.2. The first-order valence-electron chi connectivity index (χ1n) is 15.7. The van der Waals surface area contributed by atoms with Gasteiger partial charge in [-0.3, -0.25) is 4.57 Å². The quantitative estimate of drug-likeness (QED) is 0.140. The van der Waals surface area contributed by atoms with Crippen LogP contribution in [-0.2, 0) is 0 Å². The van der Waals surface area contributed by atoms with Gasteiger partial charge < -0.3 is 0 Å². The Morgan fingerprint density at radius 1 is 0.778 bits per heavy atom. The fourth-order valence-electron chi connectivity index (χ4n) is 7.78. The van der Waals surface area contributed by atoms with Crippen molar-refractivity contribution in [3.63, 3.8) is 0 Å². The molecule has 4 heteroatoms. The Morgan fingerprint density at radius 2 is 1.51 bits per heavy atom. The van der Waals surface area contributed by atoms with Gasteiger partial charge in [-0.15, -0.1) is 23.1 Å². The fourth-order valence-corrected chi connectivity index (χ4v) is 10.7. The van der Waals surface area contributed by atoms with Gasteiger partial charge in [-0.2, -0.15) is 0 Å². The average molecular weight is 613 g/mol. The lowest BCUT2D eigenvalue weighted by Gasteiger charge is -2.24. The molecule has 5 aromatic carbocycles. The van der Waals surface area contributed by atoms with Gasteiger partial charge in [0.05, 0.1) is 21.6 Å². The van der Waals surface area contributed by atoms with E-state index in [1.165, 1.54) is 70.0 Å². The minimum Gasteiger partial charge on any atom is -0.286 e. The number of rotatable bonds is 2. The Hall–Kier alpha value is -4.60. The molecule has 0 saturated carbocycles. The smallest absolute Gasteiger partial charge is 0.183 e. The monoisotopic (exact) mass is 612 g/mol. The van der Waals surface area contributed by atoms with Crippen molar-refractivity contribution in [3.05, 3.63) is 143 Å². The molecule has 2 aliphatic heterocycles. The van der Waals surface area contributed by atoms with Crippen LogP contribution in [0.15, 0.2) is 131 Å². The number of hydrogen-bond acceptors (Lipinski definition) is 3. The van der Waals surface area contributed by atoms with E-state index in [4.69, 9.17) is 4.99 Å². The van der Waals surface area contributed by atoms with Gasteiger partial charge in [0.2, 0.25) is 0 Å². The van der Waals surface area contributed by atoms with E-state index in [1.807, 2.05) is 11.3 Å². The molecule has 1 aliphatic carbocycles. The van der Waals surface area contributed by atoms with Crippen molar-refractivity contribution < 1.29 is 0 Å². The highest BCUT2D eigenvalue weighted by Crippen LogP contribution is 2.57. The summed E-state index contributed by atoms with van der Waals surface area (Å²) in [6.45, 7) is 2.35. The summed E-state index contributed by atoms with van der Waals surface area (Å²) in [5.74, 6) is 1.88. The summed E-state index contributed by atoms with van der Waals surface area (Å²) in [6, 6.07) is 37.3. The third-order valence-electron chi connectivity index (χ3n) is 9.74. The maximum atomic E-state index is 5.55. The van der Waals surface area contributed by atoms with Crippen molar-refractivity contribution in [2.45, 2.75) is 29.4 Å². The standard InChI is InChI=1S/C41H28N2S2/c1-24-19-20-31-34(23-24)45-41-36(31)27-14-5-6-15-28(27)39-37(41)30-16-7-9-17-32(30)43(39)35-22-21-29-26-13-8-10-18-33(26)44-40(29)38(42-35)25-11-3-2-4-12-25/h2-21,24,31,34H,23H2,1H3. The SMILES string of the molecule is CC1C=CC2c3c(c4c5ccccc5n(C5=C=Cc6c(sc7ccccc67)C(c6ccccc6)=N5)c4c4ccccc34)SC2C1. The number of aliphatic imine (C=N–C) groups is 1. The van der Waals surface area contributed by atoms with Gasteiger partial charge in [0.1, 0.15) is 0 Å². The zero-order valence-electron chi connectivity index (χ0n) is 24.7. The first kappa shape index (κ1) is 25.7. The molecule has 2 aromatic heterocycles. The van der Waals surface area contributed by atoms with Gasteiger partial charge in [0, 0.05) is 53.4 Å². The molecule has 10 rings (SSSR count). The van der Waals surface area contributed by atoms with Crippen LogP contribution in [0, 0.1) is 5.92 Å². The molecule has 3 unspecified atom stereocenters. The van der Waals surface area contributed by atoms with Crippen molar-refractivity contribution in [3.8, 4) is 0 Å². The third kappa shape index (κ3) is 3.68. The molecule has 0 bridgehead atoms. The Balaban J connectivity index is 1.34. The van der Waals surface area contributed by atoms with E-state index in [1.54, 1.807) is 0 Å². The largest absolute Gasteiger partial charge is 0.286 e. The summed E-state index contributed by atoms with van der Waals surface area (Å²) in [4.78, 5) is 8.19. The maximum Gasteiger partial charge on any atom is 0.183 e. The van der Waals surface area contributed by atoms with Gasteiger partial charge in [-0.1, -0.05) is 116 Å². The summed E-state index contributed by atoms with van der Waals surface area (Å²) in [5.41, 5.74) is 11.0. The molecule has 0 spiro atoms. The van der Waals surface area contributed by atoms with E-state index in [0.29, 0.717) is 17.1 Å². The molecule has 0 fully saturated rings. The lowest BCUT2D eigenvalue weighted by atomic mass is 9.82. The van der Waals surface area contributed by atoms with E-state index < -0.39 is 0 Å². The summed E-state index contributed by atoms with van der Waals surface area (Å²) >= 11 is 3.92. The average Bonchev–Trinajstić information content (AvgIpc) is 3.71. The van der Waals surface area contributed by atoms with Crippen LogP contribution in [0.5, 0.6) is 0 Å². The Morgan fingerprint density at radius 3 is 2.38 bits per heavy atom. The summed E-state index contributed by atoms with van der Waals surface area (Å²) in [5, 5.41) is 7.11. The van der Waals surface area contributed by atoms with Crippen LogP contribution in [0.2, 0.25) is 0 Å².